The van der Waals surface area contributed by atoms with E-state index in [1.807, 2.05) is 23.1 Å². The summed E-state index contributed by atoms with van der Waals surface area (Å²) >= 11 is 0. The Balaban J connectivity index is 1.75. The number of methoxy groups -OCH3 is 2. The highest BCUT2D eigenvalue weighted by Crippen LogP contribution is 2.41. The number of amides is 1. The minimum atomic E-state index is -0.210. The van der Waals surface area contributed by atoms with E-state index >= 15 is 0 Å². The van der Waals surface area contributed by atoms with Gasteiger partial charge in [0.15, 0.2) is 11.5 Å². The average Bonchev–Trinajstić information content (AvgIpc) is 3.08. The Morgan fingerprint density at radius 1 is 1.22 bits per heavy atom. The molecular weight excluding hydrogens is 340 g/mol. The third-order valence-corrected chi connectivity index (χ3v) is 6.07. The van der Waals surface area contributed by atoms with Crippen molar-refractivity contribution in [1.29, 1.82) is 0 Å². The van der Waals surface area contributed by atoms with E-state index in [-0.39, 0.29) is 5.41 Å². The number of rotatable bonds is 6. The summed E-state index contributed by atoms with van der Waals surface area (Å²) in [6, 6.07) is 5.87. The minimum Gasteiger partial charge on any atom is -0.493 e. The predicted molar refractivity (Wildman–Crippen MR) is 107 cm³/mol. The van der Waals surface area contributed by atoms with Crippen molar-refractivity contribution in [3.8, 4) is 11.5 Å². The van der Waals surface area contributed by atoms with Crippen LogP contribution in [-0.4, -0.2) is 56.1 Å². The summed E-state index contributed by atoms with van der Waals surface area (Å²) in [6.45, 7) is 8.49. The van der Waals surface area contributed by atoms with Crippen LogP contribution in [0.15, 0.2) is 29.8 Å². The molecule has 2 saturated heterocycles. The molecule has 5 nitrogen and oxygen atoms in total. The molecule has 2 heterocycles. The first-order chi connectivity index (χ1) is 13.0. The second-order valence-electron chi connectivity index (χ2n) is 7.86. The highest BCUT2D eigenvalue weighted by molar-refractivity contribution is 5.84. The first-order valence-electron chi connectivity index (χ1n) is 9.86. The molecular formula is C22H32N2O3. The van der Waals surface area contributed by atoms with Crippen molar-refractivity contribution >= 4 is 5.91 Å². The third kappa shape index (κ3) is 3.98. The van der Waals surface area contributed by atoms with Crippen LogP contribution < -0.4 is 9.47 Å². The predicted octanol–water partition coefficient (Wildman–Crippen LogP) is 3.48. The molecule has 2 aliphatic rings. The molecule has 2 aliphatic heterocycles. The van der Waals surface area contributed by atoms with Crippen molar-refractivity contribution in [2.24, 2.45) is 5.41 Å². The molecule has 0 aromatic heterocycles. The van der Waals surface area contributed by atoms with Crippen LogP contribution in [-0.2, 0) is 11.3 Å². The summed E-state index contributed by atoms with van der Waals surface area (Å²) in [6.07, 6.45) is 5.20. The fourth-order valence-corrected chi connectivity index (χ4v) is 4.50. The van der Waals surface area contributed by atoms with E-state index in [9.17, 15) is 4.79 Å². The Bertz CT molecular complexity index is 716. The Hall–Kier alpha value is -2.01. The molecule has 1 atom stereocenters. The molecule has 1 aromatic rings. The molecule has 27 heavy (non-hydrogen) atoms. The maximum atomic E-state index is 13.4. The topological polar surface area (TPSA) is 42.0 Å². The molecule has 0 N–H and O–H groups in total. The summed E-state index contributed by atoms with van der Waals surface area (Å²) in [7, 11) is 3.29. The first-order valence-corrected chi connectivity index (χ1v) is 9.86. The highest BCUT2D eigenvalue weighted by atomic mass is 16.5. The van der Waals surface area contributed by atoms with E-state index in [1.54, 1.807) is 14.2 Å². The van der Waals surface area contributed by atoms with E-state index in [4.69, 9.17) is 9.47 Å². The smallest absolute Gasteiger partial charge is 0.230 e. The number of carbonyl (C=O) groups is 1. The molecule has 3 rings (SSSR count). The van der Waals surface area contributed by atoms with Crippen molar-refractivity contribution in [3.05, 3.63) is 35.4 Å². The highest BCUT2D eigenvalue weighted by Gasteiger charge is 2.48. The van der Waals surface area contributed by atoms with Gasteiger partial charge in [-0.3, -0.25) is 9.69 Å². The number of hydrogen-bond acceptors (Lipinski definition) is 4. The number of carbonyl (C=O) groups excluding carboxylic acids is 1. The van der Waals surface area contributed by atoms with Gasteiger partial charge < -0.3 is 14.4 Å². The molecule has 0 aliphatic carbocycles. The van der Waals surface area contributed by atoms with Crippen molar-refractivity contribution in [2.75, 3.05) is 40.4 Å². The molecule has 0 saturated carbocycles. The lowest BCUT2D eigenvalue weighted by atomic mass is 9.78. The minimum absolute atomic E-state index is 0.210. The van der Waals surface area contributed by atoms with Gasteiger partial charge in [0.1, 0.15) is 0 Å². The Kier molecular flexibility index (Phi) is 6.10. The van der Waals surface area contributed by atoms with Crippen LogP contribution in [0.1, 0.15) is 38.7 Å². The number of hydrogen-bond donors (Lipinski definition) is 0. The first kappa shape index (κ1) is 19.7. The number of ether oxygens (including phenoxy) is 2. The number of nitrogens with zero attached hydrogens (tertiary/aromatic N) is 2. The summed E-state index contributed by atoms with van der Waals surface area (Å²) in [4.78, 5) is 17.9. The third-order valence-electron chi connectivity index (χ3n) is 6.07. The van der Waals surface area contributed by atoms with Gasteiger partial charge in [-0.05, 0) is 45.7 Å². The van der Waals surface area contributed by atoms with Crippen LogP contribution in [0.3, 0.4) is 0 Å². The van der Waals surface area contributed by atoms with E-state index < -0.39 is 0 Å². The molecule has 1 amide bonds. The number of likely N-dealkylation sites (tertiary alicyclic amines) is 2. The Morgan fingerprint density at radius 3 is 2.74 bits per heavy atom. The van der Waals surface area contributed by atoms with Crippen LogP contribution >= 0.6 is 0 Å². The van der Waals surface area contributed by atoms with Crippen LogP contribution in [0.5, 0.6) is 11.5 Å². The molecule has 0 unspecified atom stereocenters. The quantitative estimate of drug-likeness (QED) is 0.717. The van der Waals surface area contributed by atoms with Gasteiger partial charge in [-0.25, -0.2) is 0 Å². The van der Waals surface area contributed by atoms with Crippen molar-refractivity contribution in [2.45, 2.75) is 39.7 Å². The number of piperidine rings is 1. The van der Waals surface area contributed by atoms with Gasteiger partial charge in [-0.2, -0.15) is 0 Å². The summed E-state index contributed by atoms with van der Waals surface area (Å²) in [5.41, 5.74) is 2.16. The van der Waals surface area contributed by atoms with Crippen LogP contribution in [0.2, 0.25) is 0 Å². The van der Waals surface area contributed by atoms with Crippen molar-refractivity contribution in [3.63, 3.8) is 0 Å². The van der Waals surface area contributed by atoms with Crippen LogP contribution in [0, 0.1) is 5.41 Å². The average molecular weight is 373 g/mol. The zero-order valence-electron chi connectivity index (χ0n) is 17.1. The summed E-state index contributed by atoms with van der Waals surface area (Å²) in [5, 5.41) is 0. The van der Waals surface area contributed by atoms with E-state index in [0.29, 0.717) is 18.2 Å². The summed E-state index contributed by atoms with van der Waals surface area (Å²) < 4.78 is 11.0. The largest absolute Gasteiger partial charge is 0.493 e. The van der Waals surface area contributed by atoms with Gasteiger partial charge in [-0.15, -0.1) is 0 Å². The maximum absolute atomic E-state index is 13.4. The standard InChI is InChI=1S/C22H32N2O3/c1-5-17(2)14-23-13-11-22(16-23)10-7-12-24(21(22)25)15-18-8-6-9-19(26-3)20(18)27-4/h5-6,8-9H,7,10-16H2,1-4H3/b17-5+/t22-/m1/s1. The molecule has 1 aromatic carbocycles. The van der Waals surface area contributed by atoms with Crippen molar-refractivity contribution < 1.29 is 14.3 Å². The zero-order valence-corrected chi connectivity index (χ0v) is 17.1. The lowest BCUT2D eigenvalue weighted by Gasteiger charge is -2.39. The van der Waals surface area contributed by atoms with Gasteiger partial charge in [-0.1, -0.05) is 23.8 Å². The Labute approximate surface area is 162 Å². The molecule has 0 bridgehead atoms. The molecule has 5 heteroatoms. The van der Waals surface area contributed by atoms with Gasteiger partial charge in [0, 0.05) is 31.7 Å². The summed E-state index contributed by atoms with van der Waals surface area (Å²) in [5.74, 6) is 1.74. The van der Waals surface area contributed by atoms with Gasteiger partial charge >= 0.3 is 0 Å². The second kappa shape index (κ2) is 8.34. The zero-order chi connectivity index (χ0) is 19.4. The number of benzene rings is 1. The van der Waals surface area contributed by atoms with Gasteiger partial charge in [0.2, 0.25) is 5.91 Å². The van der Waals surface area contributed by atoms with Crippen molar-refractivity contribution in [1.82, 2.24) is 9.80 Å². The van der Waals surface area contributed by atoms with Crippen LogP contribution in [0.25, 0.3) is 0 Å². The van der Waals surface area contributed by atoms with E-state index in [1.165, 1.54) is 5.57 Å². The lowest BCUT2D eigenvalue weighted by molar-refractivity contribution is -0.146. The van der Waals surface area contributed by atoms with Gasteiger partial charge in [0.25, 0.3) is 0 Å². The number of para-hydroxylation sites is 1. The van der Waals surface area contributed by atoms with Crippen LogP contribution in [0.4, 0.5) is 0 Å². The monoisotopic (exact) mass is 372 g/mol. The fourth-order valence-electron chi connectivity index (χ4n) is 4.50. The van der Waals surface area contributed by atoms with E-state index in [2.05, 4.69) is 24.8 Å². The molecule has 0 radical (unpaired) electrons. The SMILES string of the molecule is C/C=C(\C)CN1CC[C@]2(CCCN(Cc3cccc(OC)c3OC)C2=O)C1. The number of allylic oxidation sites excluding steroid dienone is 1. The van der Waals surface area contributed by atoms with E-state index in [0.717, 1.165) is 56.8 Å². The van der Waals surface area contributed by atoms with Gasteiger partial charge in [0.05, 0.1) is 19.6 Å². The maximum Gasteiger partial charge on any atom is 0.230 e. The molecule has 2 fully saturated rings. The Morgan fingerprint density at radius 2 is 2.04 bits per heavy atom. The normalized spacial score (nSPS) is 23.9. The second-order valence-corrected chi connectivity index (χ2v) is 7.86. The molecule has 1 spiro atoms. The fraction of sp³-hybridized carbons (Fsp3) is 0.591. The lowest BCUT2D eigenvalue weighted by Crippen LogP contribution is -2.49. The molecule has 148 valence electrons.